The van der Waals surface area contributed by atoms with Crippen LogP contribution in [0.2, 0.25) is 0 Å². The van der Waals surface area contributed by atoms with Crippen LogP contribution in [0, 0.1) is 5.92 Å². The van der Waals surface area contributed by atoms with E-state index in [-0.39, 0.29) is 0 Å². The van der Waals surface area contributed by atoms with Crippen molar-refractivity contribution in [2.75, 3.05) is 5.73 Å². The van der Waals surface area contributed by atoms with E-state index in [0.29, 0.717) is 0 Å². The largest absolute Gasteiger partial charge is 0.399 e. The quantitative estimate of drug-likeness (QED) is 0.629. The fourth-order valence-corrected chi connectivity index (χ4v) is 2.02. The number of fused-ring (bicyclic) bond motifs is 1. The van der Waals surface area contributed by atoms with E-state index in [1.165, 1.54) is 30.4 Å². The zero-order chi connectivity index (χ0) is 8.55. The minimum absolute atomic E-state index is 0.863. The van der Waals surface area contributed by atoms with Gasteiger partial charge in [0.25, 0.3) is 0 Å². The zero-order valence-electron chi connectivity index (χ0n) is 7.51. The maximum atomic E-state index is 5.72. The maximum Gasteiger partial charge on any atom is 0.0316 e. The number of nitrogen functional groups attached to an aromatic ring is 1. The first-order chi connectivity index (χ1) is 5.79. The number of nitrogens with two attached hydrogens (primary N) is 1. The predicted octanol–water partition coefficient (Wildman–Crippen LogP) is 2.39. The lowest BCUT2D eigenvalue weighted by Gasteiger charge is -2.01. The highest BCUT2D eigenvalue weighted by atomic mass is 14.5. The fraction of sp³-hybridized carbons (Fsp3) is 0.455. The first-order valence-electron chi connectivity index (χ1n) is 4.67. The van der Waals surface area contributed by atoms with Crippen molar-refractivity contribution in [2.45, 2.75) is 26.2 Å². The summed E-state index contributed by atoms with van der Waals surface area (Å²) < 4.78 is 0. The van der Waals surface area contributed by atoms with Gasteiger partial charge in [0.15, 0.2) is 0 Å². The van der Waals surface area contributed by atoms with Crippen molar-refractivity contribution < 1.29 is 0 Å². The number of hydrogen-bond acceptors (Lipinski definition) is 1. The molecule has 0 aromatic heterocycles. The minimum atomic E-state index is 0.863. The molecule has 1 nitrogen and oxygen atoms in total. The molecule has 0 saturated carbocycles. The molecule has 2 N–H and O–H groups in total. The number of hydrogen-bond donors (Lipinski definition) is 1. The monoisotopic (exact) mass is 161 g/mol. The third kappa shape index (κ3) is 1.20. The van der Waals surface area contributed by atoms with Gasteiger partial charge in [-0.05, 0) is 42.0 Å². The van der Waals surface area contributed by atoms with Crippen LogP contribution in [0.4, 0.5) is 5.69 Å². The Balaban J connectivity index is 2.30. The van der Waals surface area contributed by atoms with Gasteiger partial charge in [-0.15, -0.1) is 0 Å². The molecule has 0 heterocycles. The van der Waals surface area contributed by atoms with E-state index in [1.54, 1.807) is 0 Å². The molecule has 1 aromatic carbocycles. The Bertz CT molecular complexity index is 291. The summed E-state index contributed by atoms with van der Waals surface area (Å²) in [7, 11) is 0. The summed E-state index contributed by atoms with van der Waals surface area (Å²) in [5.41, 5.74) is 9.61. The molecule has 64 valence electrons. The van der Waals surface area contributed by atoms with Crippen LogP contribution < -0.4 is 5.73 Å². The average molecular weight is 161 g/mol. The topological polar surface area (TPSA) is 26.0 Å². The molecule has 0 bridgehead atoms. The summed E-state index contributed by atoms with van der Waals surface area (Å²) in [4.78, 5) is 0. The summed E-state index contributed by atoms with van der Waals surface area (Å²) in [6, 6.07) is 6.32. The van der Waals surface area contributed by atoms with Crippen LogP contribution in [0.5, 0.6) is 0 Å². The fourth-order valence-electron chi connectivity index (χ4n) is 2.02. The number of rotatable bonds is 1. The molecule has 1 heteroatoms. The Kier molecular flexibility index (Phi) is 1.80. The normalized spacial score (nSPS) is 20.9. The Morgan fingerprint density at radius 2 is 2.08 bits per heavy atom. The summed E-state index contributed by atoms with van der Waals surface area (Å²) >= 11 is 0. The molecule has 0 spiro atoms. The smallest absolute Gasteiger partial charge is 0.0316 e. The van der Waals surface area contributed by atoms with Gasteiger partial charge < -0.3 is 5.73 Å². The van der Waals surface area contributed by atoms with Crippen LogP contribution in [0.15, 0.2) is 18.2 Å². The molecular formula is C11H15N. The van der Waals surface area contributed by atoms with Crippen molar-refractivity contribution in [1.82, 2.24) is 0 Å². The van der Waals surface area contributed by atoms with Gasteiger partial charge in [0.05, 0.1) is 0 Å². The van der Waals surface area contributed by atoms with E-state index in [4.69, 9.17) is 5.73 Å². The van der Waals surface area contributed by atoms with E-state index >= 15 is 0 Å². The molecule has 2 rings (SSSR count). The first kappa shape index (κ1) is 7.66. The third-order valence-corrected chi connectivity index (χ3v) is 2.82. The molecule has 1 aliphatic rings. The molecular weight excluding hydrogens is 146 g/mol. The van der Waals surface area contributed by atoms with Gasteiger partial charge in [-0.25, -0.2) is 0 Å². The Morgan fingerprint density at radius 1 is 1.33 bits per heavy atom. The van der Waals surface area contributed by atoms with Crippen molar-refractivity contribution in [1.29, 1.82) is 0 Å². The van der Waals surface area contributed by atoms with Crippen LogP contribution in [0.1, 0.15) is 24.5 Å². The summed E-state index contributed by atoms with van der Waals surface area (Å²) in [6.07, 6.45) is 3.78. The van der Waals surface area contributed by atoms with Gasteiger partial charge in [0.1, 0.15) is 0 Å². The second-order valence-corrected chi connectivity index (χ2v) is 3.71. The highest BCUT2D eigenvalue weighted by molar-refractivity contribution is 5.46. The molecule has 12 heavy (non-hydrogen) atoms. The van der Waals surface area contributed by atoms with Crippen molar-refractivity contribution in [3.05, 3.63) is 29.3 Å². The number of benzene rings is 1. The molecule has 1 aliphatic carbocycles. The molecule has 1 atom stereocenters. The lowest BCUT2D eigenvalue weighted by atomic mass is 10.0. The Morgan fingerprint density at radius 3 is 2.83 bits per heavy atom. The predicted molar refractivity (Wildman–Crippen MR) is 52.0 cm³/mol. The lowest BCUT2D eigenvalue weighted by Crippen LogP contribution is -1.95. The summed E-state index contributed by atoms with van der Waals surface area (Å²) in [5.74, 6) is 0.863. The van der Waals surface area contributed by atoms with E-state index in [1.807, 2.05) is 6.07 Å². The van der Waals surface area contributed by atoms with Gasteiger partial charge in [-0.3, -0.25) is 0 Å². The lowest BCUT2D eigenvalue weighted by molar-refractivity contribution is 0.543. The van der Waals surface area contributed by atoms with Crippen LogP contribution >= 0.6 is 0 Å². The van der Waals surface area contributed by atoms with Gasteiger partial charge in [0.2, 0.25) is 0 Å². The second kappa shape index (κ2) is 2.81. The molecule has 1 aromatic rings. The van der Waals surface area contributed by atoms with Crippen LogP contribution in [0.3, 0.4) is 0 Å². The van der Waals surface area contributed by atoms with E-state index in [2.05, 4.69) is 19.1 Å². The van der Waals surface area contributed by atoms with Gasteiger partial charge in [0, 0.05) is 5.69 Å². The van der Waals surface area contributed by atoms with Crippen LogP contribution in [-0.2, 0) is 12.8 Å². The summed E-state index contributed by atoms with van der Waals surface area (Å²) in [6.45, 7) is 2.26. The highest BCUT2D eigenvalue weighted by Gasteiger charge is 2.19. The Hall–Kier alpha value is -0.980. The zero-order valence-corrected chi connectivity index (χ0v) is 7.51. The first-order valence-corrected chi connectivity index (χ1v) is 4.67. The van der Waals surface area contributed by atoms with Gasteiger partial charge in [-0.2, -0.15) is 0 Å². The van der Waals surface area contributed by atoms with Gasteiger partial charge in [-0.1, -0.05) is 19.4 Å². The molecule has 0 amide bonds. The van der Waals surface area contributed by atoms with Crippen LogP contribution in [0.25, 0.3) is 0 Å². The highest BCUT2D eigenvalue weighted by Crippen LogP contribution is 2.29. The molecule has 0 radical (unpaired) electrons. The second-order valence-electron chi connectivity index (χ2n) is 3.71. The maximum absolute atomic E-state index is 5.72. The molecule has 0 saturated heterocycles. The van der Waals surface area contributed by atoms with E-state index < -0.39 is 0 Å². The van der Waals surface area contributed by atoms with E-state index in [0.717, 1.165) is 11.6 Å². The summed E-state index contributed by atoms with van der Waals surface area (Å²) in [5, 5.41) is 0. The van der Waals surface area contributed by atoms with Gasteiger partial charge >= 0.3 is 0 Å². The Labute approximate surface area is 73.6 Å². The molecule has 0 fully saturated rings. The van der Waals surface area contributed by atoms with Crippen molar-refractivity contribution >= 4 is 5.69 Å². The van der Waals surface area contributed by atoms with Crippen molar-refractivity contribution in [3.8, 4) is 0 Å². The minimum Gasteiger partial charge on any atom is -0.399 e. The van der Waals surface area contributed by atoms with E-state index in [9.17, 15) is 0 Å². The molecule has 1 unspecified atom stereocenters. The van der Waals surface area contributed by atoms with Crippen molar-refractivity contribution in [3.63, 3.8) is 0 Å². The SMILES string of the molecule is CCC1Cc2ccc(N)cc2C1. The van der Waals surface area contributed by atoms with Crippen LogP contribution in [-0.4, -0.2) is 0 Å². The standard InChI is InChI=1S/C11H15N/c1-2-8-5-9-3-4-11(12)7-10(9)6-8/h3-4,7-8H,2,5-6,12H2,1H3. The third-order valence-electron chi connectivity index (χ3n) is 2.82. The van der Waals surface area contributed by atoms with Crippen molar-refractivity contribution in [2.24, 2.45) is 5.92 Å². The molecule has 0 aliphatic heterocycles. The number of anilines is 1. The average Bonchev–Trinajstić information content (AvgIpc) is 2.46.